The third-order valence-electron chi connectivity index (χ3n) is 3.39. The Balaban J connectivity index is 3.06. The van der Waals surface area contributed by atoms with Crippen LogP contribution in [0, 0.1) is 0 Å². The van der Waals surface area contributed by atoms with Gasteiger partial charge in [0, 0.05) is 7.05 Å². The van der Waals surface area contributed by atoms with Gasteiger partial charge in [-0.15, -0.1) is 0 Å². The predicted octanol–water partition coefficient (Wildman–Crippen LogP) is 2.10. The molecule has 1 aromatic rings. The molecule has 1 rings (SSSR count). The number of nitrogens with zero attached hydrogens (tertiary/aromatic N) is 2. The second-order valence-electron chi connectivity index (χ2n) is 4.91. The van der Waals surface area contributed by atoms with Crippen molar-refractivity contribution < 1.29 is 9.59 Å². The highest BCUT2D eigenvalue weighted by Gasteiger charge is 2.25. The number of benzene rings is 1. The van der Waals surface area contributed by atoms with Crippen LogP contribution in [0.25, 0.3) is 0 Å². The van der Waals surface area contributed by atoms with Gasteiger partial charge in [0.2, 0.25) is 0 Å². The molecule has 5 nitrogen and oxygen atoms in total. The van der Waals surface area contributed by atoms with Gasteiger partial charge in [0.25, 0.3) is 0 Å². The lowest BCUT2D eigenvalue weighted by Crippen LogP contribution is -2.44. The Morgan fingerprint density at radius 3 is 2.45 bits per heavy atom. The van der Waals surface area contributed by atoms with Gasteiger partial charge in [-0.1, -0.05) is 43.3 Å². The molecule has 0 aromatic heterocycles. The quantitative estimate of drug-likeness (QED) is 0.645. The van der Waals surface area contributed by atoms with Crippen LogP contribution in [-0.4, -0.2) is 36.0 Å². The van der Waals surface area contributed by atoms with Crippen molar-refractivity contribution in [3.8, 4) is 0 Å². The van der Waals surface area contributed by atoms with Crippen LogP contribution in [0.5, 0.6) is 0 Å². The summed E-state index contributed by atoms with van der Waals surface area (Å²) < 4.78 is 0. The first kappa shape index (κ1) is 17.6. The zero-order valence-corrected chi connectivity index (χ0v) is 13.3. The van der Waals surface area contributed by atoms with Gasteiger partial charge >= 0.3 is 11.8 Å². The van der Waals surface area contributed by atoms with E-state index in [-0.39, 0.29) is 12.6 Å². The van der Waals surface area contributed by atoms with Gasteiger partial charge in [-0.25, -0.2) is 0 Å². The van der Waals surface area contributed by atoms with Gasteiger partial charge < -0.3 is 10.6 Å². The van der Waals surface area contributed by atoms with E-state index in [2.05, 4.69) is 4.99 Å². The van der Waals surface area contributed by atoms with Crippen molar-refractivity contribution in [3.05, 3.63) is 48.0 Å². The summed E-state index contributed by atoms with van der Waals surface area (Å²) in [5, 5.41) is 0. The monoisotopic (exact) mass is 301 g/mol. The van der Waals surface area contributed by atoms with E-state index in [1.54, 1.807) is 7.05 Å². The standard InChI is InChI=1S/C17H23N3O2/c1-4-5-11-15(19-3)12-20(17(22)16(18)21)13(2)14-9-7-6-8-10-14/h5-11,13H,4,12H2,1-3H3,(H2,18,21)/b11-5-,19-15?. The topological polar surface area (TPSA) is 75.8 Å². The van der Waals surface area contributed by atoms with Crippen molar-refractivity contribution in [3.63, 3.8) is 0 Å². The highest BCUT2D eigenvalue weighted by Crippen LogP contribution is 2.20. The molecule has 2 amide bonds. The van der Waals surface area contributed by atoms with Crippen LogP contribution in [0.1, 0.15) is 31.9 Å². The maximum atomic E-state index is 12.2. The van der Waals surface area contributed by atoms with Crippen molar-refractivity contribution in [2.24, 2.45) is 10.7 Å². The van der Waals surface area contributed by atoms with Crippen LogP contribution < -0.4 is 5.73 Å². The van der Waals surface area contributed by atoms with Crippen molar-refractivity contribution in [2.75, 3.05) is 13.6 Å². The number of carbonyl (C=O) groups is 2. The molecular formula is C17H23N3O2. The van der Waals surface area contributed by atoms with E-state index in [0.717, 1.165) is 17.7 Å². The van der Waals surface area contributed by atoms with Crippen molar-refractivity contribution in [2.45, 2.75) is 26.3 Å². The molecule has 0 aliphatic heterocycles. The summed E-state index contributed by atoms with van der Waals surface area (Å²) in [7, 11) is 1.66. The Kier molecular flexibility index (Phi) is 7.02. The lowest BCUT2D eigenvalue weighted by molar-refractivity contribution is -0.145. The third-order valence-corrected chi connectivity index (χ3v) is 3.39. The number of hydrogen-bond donors (Lipinski definition) is 1. The van der Waals surface area contributed by atoms with Crippen LogP contribution in [0.4, 0.5) is 0 Å². The number of allylic oxidation sites excluding steroid dienone is 1. The van der Waals surface area contributed by atoms with E-state index in [1.165, 1.54) is 4.90 Å². The Bertz CT molecular complexity index is 565. The van der Waals surface area contributed by atoms with E-state index in [4.69, 9.17) is 5.73 Å². The molecule has 5 heteroatoms. The molecule has 0 spiro atoms. The first-order chi connectivity index (χ1) is 10.5. The number of hydrogen-bond acceptors (Lipinski definition) is 3. The molecule has 2 N–H and O–H groups in total. The van der Waals surface area contributed by atoms with Gasteiger partial charge in [-0.05, 0) is 25.0 Å². The summed E-state index contributed by atoms with van der Waals surface area (Å²) in [5.41, 5.74) is 6.84. The lowest BCUT2D eigenvalue weighted by atomic mass is 10.1. The Labute approximate surface area is 131 Å². The largest absolute Gasteiger partial charge is 0.361 e. The van der Waals surface area contributed by atoms with Gasteiger partial charge in [-0.2, -0.15) is 0 Å². The molecule has 1 atom stereocenters. The molecule has 1 unspecified atom stereocenters. The summed E-state index contributed by atoms with van der Waals surface area (Å²) in [6.07, 6.45) is 4.69. The molecule has 118 valence electrons. The molecule has 0 radical (unpaired) electrons. The number of amides is 2. The van der Waals surface area contributed by atoms with Crippen molar-refractivity contribution >= 4 is 17.5 Å². The normalized spacial score (nSPS) is 13.1. The molecular weight excluding hydrogens is 278 g/mol. The number of nitrogens with two attached hydrogens (primary N) is 1. The van der Waals surface area contributed by atoms with Crippen molar-refractivity contribution in [1.82, 2.24) is 4.90 Å². The summed E-state index contributed by atoms with van der Waals surface area (Å²) in [6, 6.07) is 9.25. The van der Waals surface area contributed by atoms with Gasteiger partial charge in [0.05, 0.1) is 18.3 Å². The number of carbonyl (C=O) groups excluding carboxylic acids is 2. The number of rotatable bonds is 6. The predicted molar refractivity (Wildman–Crippen MR) is 88.6 cm³/mol. The second-order valence-corrected chi connectivity index (χ2v) is 4.91. The average molecular weight is 301 g/mol. The van der Waals surface area contributed by atoms with E-state index < -0.39 is 11.8 Å². The van der Waals surface area contributed by atoms with E-state index in [1.807, 2.05) is 56.3 Å². The van der Waals surface area contributed by atoms with Gasteiger partial charge in [-0.3, -0.25) is 14.6 Å². The highest BCUT2D eigenvalue weighted by molar-refractivity contribution is 6.34. The average Bonchev–Trinajstić information content (AvgIpc) is 2.54. The first-order valence-electron chi connectivity index (χ1n) is 7.28. The zero-order chi connectivity index (χ0) is 16.5. The molecule has 0 aliphatic rings. The molecule has 0 saturated carbocycles. The van der Waals surface area contributed by atoms with Crippen molar-refractivity contribution in [1.29, 1.82) is 0 Å². The smallest absolute Gasteiger partial charge is 0.312 e. The first-order valence-corrected chi connectivity index (χ1v) is 7.28. The molecule has 22 heavy (non-hydrogen) atoms. The van der Waals surface area contributed by atoms with Crippen LogP contribution in [0.2, 0.25) is 0 Å². The van der Waals surface area contributed by atoms with E-state index >= 15 is 0 Å². The van der Waals surface area contributed by atoms with Crippen LogP contribution in [0.15, 0.2) is 47.5 Å². The zero-order valence-electron chi connectivity index (χ0n) is 13.3. The van der Waals surface area contributed by atoms with E-state index in [0.29, 0.717) is 0 Å². The summed E-state index contributed by atoms with van der Waals surface area (Å²) in [5.74, 6) is -1.67. The maximum absolute atomic E-state index is 12.2. The minimum Gasteiger partial charge on any atom is -0.361 e. The minimum atomic E-state index is -0.960. The van der Waals surface area contributed by atoms with Crippen LogP contribution in [0.3, 0.4) is 0 Å². The fourth-order valence-electron chi connectivity index (χ4n) is 2.06. The Morgan fingerprint density at radius 1 is 1.32 bits per heavy atom. The highest BCUT2D eigenvalue weighted by atomic mass is 16.2. The molecule has 1 aromatic carbocycles. The molecule has 0 aliphatic carbocycles. The fraction of sp³-hybridized carbons (Fsp3) is 0.353. The van der Waals surface area contributed by atoms with Gasteiger partial charge in [0.1, 0.15) is 0 Å². The second kappa shape index (κ2) is 8.77. The number of primary amides is 1. The maximum Gasteiger partial charge on any atom is 0.312 e. The summed E-state index contributed by atoms with van der Waals surface area (Å²) in [6.45, 7) is 4.13. The Hall–Kier alpha value is -2.43. The van der Waals surface area contributed by atoms with E-state index in [9.17, 15) is 9.59 Å². The van der Waals surface area contributed by atoms with Crippen LogP contribution >= 0.6 is 0 Å². The molecule has 0 bridgehead atoms. The lowest BCUT2D eigenvalue weighted by Gasteiger charge is -2.28. The summed E-state index contributed by atoms with van der Waals surface area (Å²) >= 11 is 0. The fourth-order valence-corrected chi connectivity index (χ4v) is 2.06. The third kappa shape index (κ3) is 4.84. The molecule has 0 fully saturated rings. The SMILES string of the molecule is CC/C=C\C(CN(C(=O)C(N)=O)C(C)c1ccccc1)=NC. The molecule has 0 saturated heterocycles. The minimum absolute atomic E-state index is 0.241. The molecule has 0 heterocycles. The Morgan fingerprint density at radius 2 is 1.95 bits per heavy atom. The van der Waals surface area contributed by atoms with Crippen LogP contribution in [-0.2, 0) is 9.59 Å². The summed E-state index contributed by atoms with van der Waals surface area (Å²) in [4.78, 5) is 29.1. The van der Waals surface area contributed by atoms with Gasteiger partial charge in [0.15, 0.2) is 0 Å². The number of aliphatic imine (C=N–C) groups is 1.